The number of aryl methyl sites for hydroxylation is 1. The van der Waals surface area contributed by atoms with E-state index in [1.165, 1.54) is 5.56 Å². The van der Waals surface area contributed by atoms with E-state index in [4.69, 9.17) is 11.6 Å². The standard InChI is InChI=1S/C14H17ClN2OS/c1-2-17(10-3-4-10)14(18)11-7-9-8-19-6-5-12(9)16-13(11)15/h7,10H,2-6,8H2,1H3. The summed E-state index contributed by atoms with van der Waals surface area (Å²) in [6, 6.07) is 2.38. The molecule has 1 fully saturated rings. The number of rotatable bonds is 3. The summed E-state index contributed by atoms with van der Waals surface area (Å²) in [5.41, 5.74) is 2.82. The van der Waals surface area contributed by atoms with Crippen LogP contribution in [0.4, 0.5) is 0 Å². The molecule has 0 spiro atoms. The van der Waals surface area contributed by atoms with Gasteiger partial charge in [-0.2, -0.15) is 11.8 Å². The van der Waals surface area contributed by atoms with Crippen LogP contribution in [0.1, 0.15) is 41.4 Å². The fourth-order valence-electron chi connectivity index (χ4n) is 2.52. The Bertz CT molecular complexity index is 516. The van der Waals surface area contributed by atoms with E-state index in [1.54, 1.807) is 0 Å². The number of thioether (sulfide) groups is 1. The van der Waals surface area contributed by atoms with E-state index < -0.39 is 0 Å². The van der Waals surface area contributed by atoms with Crippen molar-refractivity contribution < 1.29 is 4.79 Å². The number of amides is 1. The van der Waals surface area contributed by atoms with Crippen LogP contribution in [0.15, 0.2) is 6.07 Å². The Morgan fingerprint density at radius 2 is 2.37 bits per heavy atom. The first kappa shape index (κ1) is 13.3. The summed E-state index contributed by atoms with van der Waals surface area (Å²) in [7, 11) is 0. The minimum absolute atomic E-state index is 0.0425. The molecule has 0 saturated heterocycles. The number of carbonyl (C=O) groups excluding carboxylic acids is 1. The maximum Gasteiger partial charge on any atom is 0.257 e. The number of pyridine rings is 1. The lowest BCUT2D eigenvalue weighted by Gasteiger charge is -2.22. The molecular weight excluding hydrogens is 280 g/mol. The van der Waals surface area contributed by atoms with Crippen LogP contribution < -0.4 is 0 Å². The van der Waals surface area contributed by atoms with E-state index >= 15 is 0 Å². The van der Waals surface area contributed by atoms with Gasteiger partial charge < -0.3 is 4.90 Å². The van der Waals surface area contributed by atoms with Crippen molar-refractivity contribution in [2.24, 2.45) is 0 Å². The summed E-state index contributed by atoms with van der Waals surface area (Å²) in [6.07, 6.45) is 3.19. The number of aromatic nitrogens is 1. The Morgan fingerprint density at radius 3 is 3.05 bits per heavy atom. The molecule has 3 nitrogen and oxygen atoms in total. The van der Waals surface area contributed by atoms with Crippen molar-refractivity contribution in [3.8, 4) is 0 Å². The normalized spacial score (nSPS) is 18.0. The summed E-state index contributed by atoms with van der Waals surface area (Å²) in [5, 5.41) is 0.370. The fourth-order valence-corrected chi connectivity index (χ4v) is 3.71. The molecule has 0 aromatic carbocycles. The maximum atomic E-state index is 12.6. The molecule has 2 aliphatic rings. The molecule has 0 unspecified atom stereocenters. The van der Waals surface area contributed by atoms with Crippen molar-refractivity contribution in [3.05, 3.63) is 28.0 Å². The molecule has 0 atom stereocenters. The lowest BCUT2D eigenvalue weighted by atomic mass is 10.1. The Labute approximate surface area is 122 Å². The lowest BCUT2D eigenvalue weighted by Crippen LogP contribution is -2.33. The second-order valence-electron chi connectivity index (χ2n) is 5.06. The fraction of sp³-hybridized carbons (Fsp3) is 0.571. The summed E-state index contributed by atoms with van der Waals surface area (Å²) in [6.45, 7) is 2.76. The van der Waals surface area contributed by atoms with Crippen LogP contribution in [0.2, 0.25) is 5.15 Å². The smallest absolute Gasteiger partial charge is 0.257 e. The third-order valence-electron chi connectivity index (χ3n) is 3.70. The molecule has 1 aromatic heterocycles. The van der Waals surface area contributed by atoms with Gasteiger partial charge in [0.15, 0.2) is 0 Å². The highest BCUT2D eigenvalue weighted by atomic mass is 35.5. The number of hydrogen-bond acceptors (Lipinski definition) is 3. The van der Waals surface area contributed by atoms with Crippen LogP contribution in [0.5, 0.6) is 0 Å². The van der Waals surface area contributed by atoms with E-state index in [0.717, 1.165) is 43.0 Å². The Balaban J connectivity index is 1.93. The molecule has 102 valence electrons. The van der Waals surface area contributed by atoms with Gasteiger partial charge in [0.05, 0.1) is 5.56 Å². The molecule has 0 N–H and O–H groups in total. The molecule has 0 radical (unpaired) electrons. The van der Waals surface area contributed by atoms with Gasteiger partial charge in [0.1, 0.15) is 5.15 Å². The minimum Gasteiger partial charge on any atom is -0.336 e. The van der Waals surface area contributed by atoms with E-state index in [-0.39, 0.29) is 5.91 Å². The molecule has 1 aromatic rings. The third kappa shape index (κ3) is 2.61. The van der Waals surface area contributed by atoms with E-state index in [2.05, 4.69) is 4.98 Å². The molecule has 1 aliphatic heterocycles. The van der Waals surface area contributed by atoms with Gasteiger partial charge >= 0.3 is 0 Å². The predicted octanol–water partition coefficient (Wildman–Crippen LogP) is 3.15. The quantitative estimate of drug-likeness (QED) is 0.804. The molecule has 1 amide bonds. The highest BCUT2D eigenvalue weighted by molar-refractivity contribution is 7.98. The molecule has 1 aliphatic carbocycles. The minimum atomic E-state index is 0.0425. The average Bonchev–Trinajstić information content (AvgIpc) is 3.23. The molecule has 2 heterocycles. The summed E-state index contributed by atoms with van der Waals surface area (Å²) >= 11 is 8.11. The number of hydrogen-bond donors (Lipinski definition) is 0. The zero-order valence-corrected chi connectivity index (χ0v) is 12.6. The highest BCUT2D eigenvalue weighted by Gasteiger charge is 2.33. The van der Waals surface area contributed by atoms with Crippen molar-refractivity contribution in [1.82, 2.24) is 9.88 Å². The van der Waals surface area contributed by atoms with Gasteiger partial charge in [-0.3, -0.25) is 4.79 Å². The second kappa shape index (κ2) is 5.33. The van der Waals surface area contributed by atoms with E-state index in [1.807, 2.05) is 29.7 Å². The Kier molecular flexibility index (Phi) is 3.72. The molecule has 0 bridgehead atoms. The largest absolute Gasteiger partial charge is 0.336 e. The number of carbonyl (C=O) groups is 1. The average molecular weight is 297 g/mol. The van der Waals surface area contributed by atoms with Crippen LogP contribution >= 0.6 is 23.4 Å². The van der Waals surface area contributed by atoms with Crippen LogP contribution in [0.25, 0.3) is 0 Å². The Morgan fingerprint density at radius 1 is 1.58 bits per heavy atom. The van der Waals surface area contributed by atoms with Crippen molar-refractivity contribution in [1.29, 1.82) is 0 Å². The van der Waals surface area contributed by atoms with Crippen LogP contribution in [-0.2, 0) is 12.2 Å². The first-order valence-corrected chi connectivity index (χ1v) is 8.31. The van der Waals surface area contributed by atoms with E-state index in [9.17, 15) is 4.79 Å². The van der Waals surface area contributed by atoms with Gasteiger partial charge in [-0.1, -0.05) is 11.6 Å². The molecule has 3 rings (SSSR count). The molecule has 5 heteroatoms. The van der Waals surface area contributed by atoms with Crippen molar-refractivity contribution >= 4 is 29.3 Å². The number of halogens is 1. The van der Waals surface area contributed by atoms with Crippen molar-refractivity contribution in [3.63, 3.8) is 0 Å². The van der Waals surface area contributed by atoms with E-state index in [0.29, 0.717) is 16.8 Å². The topological polar surface area (TPSA) is 33.2 Å². The van der Waals surface area contributed by atoms with Gasteiger partial charge in [0, 0.05) is 24.0 Å². The third-order valence-corrected chi connectivity index (χ3v) is 5.00. The Hall–Kier alpha value is -0.740. The van der Waals surface area contributed by atoms with Crippen molar-refractivity contribution in [2.75, 3.05) is 12.3 Å². The predicted molar refractivity (Wildman–Crippen MR) is 78.8 cm³/mol. The molecule has 19 heavy (non-hydrogen) atoms. The SMILES string of the molecule is CCN(C(=O)c1cc2c(nc1Cl)CCSC2)C1CC1. The summed E-state index contributed by atoms with van der Waals surface area (Å²) in [4.78, 5) is 18.9. The van der Waals surface area contributed by atoms with Gasteiger partial charge in [0.2, 0.25) is 0 Å². The maximum absolute atomic E-state index is 12.6. The van der Waals surface area contributed by atoms with Crippen LogP contribution in [-0.4, -0.2) is 34.1 Å². The first-order chi connectivity index (χ1) is 9.20. The van der Waals surface area contributed by atoms with Gasteiger partial charge in [-0.25, -0.2) is 4.98 Å². The summed E-state index contributed by atoms with van der Waals surface area (Å²) < 4.78 is 0. The number of fused-ring (bicyclic) bond motifs is 1. The molecular formula is C14H17ClN2OS. The zero-order valence-electron chi connectivity index (χ0n) is 11.0. The van der Waals surface area contributed by atoms with Crippen molar-refractivity contribution in [2.45, 2.75) is 38.0 Å². The van der Waals surface area contributed by atoms with Gasteiger partial charge in [0.25, 0.3) is 5.91 Å². The summed E-state index contributed by atoms with van der Waals surface area (Å²) in [5.74, 6) is 2.07. The van der Waals surface area contributed by atoms with Crippen LogP contribution in [0.3, 0.4) is 0 Å². The van der Waals surface area contributed by atoms with Crippen LogP contribution in [0, 0.1) is 0 Å². The van der Waals surface area contributed by atoms with Gasteiger partial charge in [-0.15, -0.1) is 0 Å². The highest BCUT2D eigenvalue weighted by Crippen LogP contribution is 2.31. The zero-order chi connectivity index (χ0) is 13.4. The second-order valence-corrected chi connectivity index (χ2v) is 6.52. The lowest BCUT2D eigenvalue weighted by molar-refractivity contribution is 0.0752. The number of nitrogens with zero attached hydrogens (tertiary/aromatic N) is 2. The first-order valence-electron chi connectivity index (χ1n) is 6.77. The van der Waals surface area contributed by atoms with Gasteiger partial charge in [-0.05, 0) is 43.6 Å². The molecule has 1 saturated carbocycles. The monoisotopic (exact) mass is 296 g/mol.